The molecule has 1 aromatic carbocycles. The number of rotatable bonds is 6. The Hall–Kier alpha value is -2.21. The number of hydrogen-bond donors (Lipinski definition) is 2. The molecule has 6 heteroatoms. The average Bonchev–Trinajstić information content (AvgIpc) is 3.39. The van der Waals surface area contributed by atoms with E-state index in [1.54, 1.807) is 0 Å². The summed E-state index contributed by atoms with van der Waals surface area (Å²) in [5.74, 6) is 0.405. The summed E-state index contributed by atoms with van der Waals surface area (Å²) in [4.78, 5) is 28.9. The number of amides is 2. The lowest BCUT2D eigenvalue weighted by Crippen LogP contribution is -2.16. The molecule has 2 aliphatic carbocycles. The van der Waals surface area contributed by atoms with Gasteiger partial charge in [0.25, 0.3) is 0 Å². The van der Waals surface area contributed by atoms with Gasteiger partial charge in [0.15, 0.2) is 5.13 Å². The van der Waals surface area contributed by atoms with E-state index in [2.05, 4.69) is 43.3 Å². The molecule has 2 fully saturated rings. The zero-order chi connectivity index (χ0) is 20.1. The largest absolute Gasteiger partial charge is 0.326 e. The zero-order valence-electron chi connectivity index (χ0n) is 16.8. The van der Waals surface area contributed by atoms with Crippen LogP contribution in [0.25, 0.3) is 0 Å². The molecule has 1 heterocycles. The van der Waals surface area contributed by atoms with E-state index < -0.39 is 0 Å². The van der Waals surface area contributed by atoms with Gasteiger partial charge in [-0.2, -0.15) is 0 Å². The standard InChI is InChI=1S/C22H27N3O2S/c1-21(2)10-16(21)18(26)23-14-7-5-13(6-8-14)9-15-12-28-20(24-15)25-19(27)17-11-22(17,3)4/h5-8,12,16-17H,9-11H2,1-4H3,(H,23,26)(H,24,25,27). The molecule has 0 radical (unpaired) electrons. The fourth-order valence-electron chi connectivity index (χ4n) is 3.61. The van der Waals surface area contributed by atoms with Gasteiger partial charge in [-0.1, -0.05) is 39.8 Å². The fraction of sp³-hybridized carbons (Fsp3) is 0.500. The monoisotopic (exact) mass is 397 g/mol. The van der Waals surface area contributed by atoms with Gasteiger partial charge in [0.1, 0.15) is 0 Å². The lowest BCUT2D eigenvalue weighted by atomic mass is 10.1. The van der Waals surface area contributed by atoms with Crippen LogP contribution in [-0.2, 0) is 16.0 Å². The number of benzene rings is 1. The Balaban J connectivity index is 1.30. The van der Waals surface area contributed by atoms with Crippen molar-refractivity contribution in [3.8, 4) is 0 Å². The van der Waals surface area contributed by atoms with Gasteiger partial charge < -0.3 is 10.6 Å². The summed E-state index contributed by atoms with van der Waals surface area (Å²) in [5, 5.41) is 8.59. The predicted octanol–water partition coefficient (Wildman–Crippen LogP) is 4.70. The number of anilines is 2. The van der Waals surface area contributed by atoms with Crippen LogP contribution in [0.1, 0.15) is 51.8 Å². The van der Waals surface area contributed by atoms with Crippen molar-refractivity contribution in [2.75, 3.05) is 10.6 Å². The maximum Gasteiger partial charge on any atom is 0.229 e. The highest BCUT2D eigenvalue weighted by molar-refractivity contribution is 7.13. The first-order valence-electron chi connectivity index (χ1n) is 9.79. The summed E-state index contributed by atoms with van der Waals surface area (Å²) in [6.07, 6.45) is 2.60. The van der Waals surface area contributed by atoms with Crippen LogP contribution >= 0.6 is 11.3 Å². The van der Waals surface area contributed by atoms with Crippen LogP contribution in [0.3, 0.4) is 0 Å². The molecule has 0 spiro atoms. The number of nitrogens with zero attached hydrogens (tertiary/aromatic N) is 1. The van der Waals surface area contributed by atoms with Crippen molar-refractivity contribution in [1.82, 2.24) is 4.98 Å². The molecule has 0 saturated heterocycles. The summed E-state index contributed by atoms with van der Waals surface area (Å²) < 4.78 is 0. The molecule has 1 aromatic heterocycles. The van der Waals surface area contributed by atoms with Crippen LogP contribution in [0.4, 0.5) is 10.8 Å². The third-order valence-corrected chi connectivity index (χ3v) is 6.85. The van der Waals surface area contributed by atoms with Crippen LogP contribution in [0, 0.1) is 22.7 Å². The third-order valence-electron chi connectivity index (χ3n) is 6.05. The van der Waals surface area contributed by atoms with E-state index in [4.69, 9.17) is 0 Å². The number of nitrogens with one attached hydrogen (secondary N) is 2. The van der Waals surface area contributed by atoms with Crippen molar-refractivity contribution in [3.05, 3.63) is 40.9 Å². The summed E-state index contributed by atoms with van der Waals surface area (Å²) in [6.45, 7) is 8.47. The number of hydrogen-bond acceptors (Lipinski definition) is 4. The Bertz CT molecular complexity index is 914. The Morgan fingerprint density at radius 3 is 2.07 bits per heavy atom. The molecule has 2 aromatic rings. The maximum atomic E-state index is 12.2. The fourth-order valence-corrected chi connectivity index (χ4v) is 4.33. The van der Waals surface area contributed by atoms with E-state index in [9.17, 15) is 9.59 Å². The molecular weight excluding hydrogens is 370 g/mol. The van der Waals surface area contributed by atoms with E-state index in [0.717, 1.165) is 29.8 Å². The smallest absolute Gasteiger partial charge is 0.229 e. The molecule has 2 atom stereocenters. The van der Waals surface area contributed by atoms with Gasteiger partial charge in [-0.3, -0.25) is 9.59 Å². The van der Waals surface area contributed by atoms with Crippen molar-refractivity contribution in [2.45, 2.75) is 47.0 Å². The average molecular weight is 398 g/mol. The number of aromatic nitrogens is 1. The van der Waals surface area contributed by atoms with Gasteiger partial charge in [-0.25, -0.2) is 4.98 Å². The van der Waals surface area contributed by atoms with Gasteiger partial charge in [0.05, 0.1) is 5.69 Å². The molecule has 28 heavy (non-hydrogen) atoms. The molecule has 2 N–H and O–H groups in total. The Labute approximate surface area is 170 Å². The van der Waals surface area contributed by atoms with Crippen LogP contribution < -0.4 is 10.6 Å². The first kappa shape index (κ1) is 19.1. The minimum Gasteiger partial charge on any atom is -0.326 e. The summed E-state index contributed by atoms with van der Waals surface area (Å²) in [6, 6.07) is 7.90. The SMILES string of the molecule is CC1(C)CC1C(=O)Nc1ccc(Cc2csc(NC(=O)C3CC3(C)C)n2)cc1. The van der Waals surface area contributed by atoms with E-state index in [1.807, 2.05) is 29.6 Å². The van der Waals surface area contributed by atoms with Crippen LogP contribution in [0.15, 0.2) is 29.6 Å². The van der Waals surface area contributed by atoms with E-state index in [0.29, 0.717) is 11.6 Å². The van der Waals surface area contributed by atoms with Gasteiger partial charge >= 0.3 is 0 Å². The number of carbonyl (C=O) groups is 2. The molecule has 5 nitrogen and oxygen atoms in total. The molecular formula is C22H27N3O2S. The first-order chi connectivity index (χ1) is 13.1. The predicted molar refractivity (Wildman–Crippen MR) is 112 cm³/mol. The van der Waals surface area contributed by atoms with Crippen molar-refractivity contribution >= 4 is 34.0 Å². The second kappa shape index (κ2) is 6.69. The molecule has 0 aliphatic heterocycles. The highest BCUT2D eigenvalue weighted by Crippen LogP contribution is 2.52. The van der Waals surface area contributed by atoms with E-state index in [1.165, 1.54) is 11.3 Å². The minimum absolute atomic E-state index is 0.0739. The lowest BCUT2D eigenvalue weighted by Gasteiger charge is -2.07. The van der Waals surface area contributed by atoms with E-state index >= 15 is 0 Å². The van der Waals surface area contributed by atoms with Crippen LogP contribution in [0.5, 0.6) is 0 Å². The van der Waals surface area contributed by atoms with Crippen molar-refractivity contribution in [1.29, 1.82) is 0 Å². The summed E-state index contributed by atoms with van der Waals surface area (Å²) >= 11 is 1.46. The van der Waals surface area contributed by atoms with Gasteiger partial charge in [0, 0.05) is 29.3 Å². The Morgan fingerprint density at radius 2 is 1.54 bits per heavy atom. The van der Waals surface area contributed by atoms with Gasteiger partial charge in [-0.15, -0.1) is 11.3 Å². The van der Waals surface area contributed by atoms with E-state index in [-0.39, 0.29) is 34.5 Å². The second-order valence-electron chi connectivity index (χ2n) is 9.49. The van der Waals surface area contributed by atoms with Crippen molar-refractivity contribution in [2.24, 2.45) is 22.7 Å². The van der Waals surface area contributed by atoms with Crippen molar-refractivity contribution < 1.29 is 9.59 Å². The quantitative estimate of drug-likeness (QED) is 0.742. The topological polar surface area (TPSA) is 71.1 Å². The molecule has 2 aliphatic rings. The molecule has 4 rings (SSSR count). The van der Waals surface area contributed by atoms with Gasteiger partial charge in [-0.05, 0) is 41.4 Å². The Morgan fingerprint density at radius 1 is 1.00 bits per heavy atom. The first-order valence-corrected chi connectivity index (χ1v) is 10.7. The lowest BCUT2D eigenvalue weighted by molar-refractivity contribution is -0.118. The third kappa shape index (κ3) is 4.12. The molecule has 2 saturated carbocycles. The summed E-state index contributed by atoms with van der Waals surface area (Å²) in [7, 11) is 0. The minimum atomic E-state index is 0.0739. The Kier molecular flexibility index (Phi) is 4.57. The molecule has 2 amide bonds. The normalized spacial score (nSPS) is 23.7. The van der Waals surface area contributed by atoms with Crippen molar-refractivity contribution in [3.63, 3.8) is 0 Å². The second-order valence-corrected chi connectivity index (χ2v) is 10.3. The number of carbonyl (C=O) groups excluding carboxylic acids is 2. The highest BCUT2D eigenvalue weighted by atomic mass is 32.1. The zero-order valence-corrected chi connectivity index (χ0v) is 17.7. The summed E-state index contributed by atoms with van der Waals surface area (Å²) in [5.41, 5.74) is 3.14. The van der Waals surface area contributed by atoms with Crippen LogP contribution in [-0.4, -0.2) is 16.8 Å². The van der Waals surface area contributed by atoms with Gasteiger partial charge in [0.2, 0.25) is 11.8 Å². The number of thiazole rings is 1. The van der Waals surface area contributed by atoms with Crippen LogP contribution in [0.2, 0.25) is 0 Å². The highest BCUT2D eigenvalue weighted by Gasteiger charge is 2.51. The maximum absolute atomic E-state index is 12.2. The molecule has 148 valence electrons. The molecule has 0 bridgehead atoms. The molecule has 2 unspecified atom stereocenters.